The summed E-state index contributed by atoms with van der Waals surface area (Å²) in [5.74, 6) is 1.19. The van der Waals surface area contributed by atoms with Gasteiger partial charge in [-0.3, -0.25) is 4.90 Å². The molecule has 3 aromatic rings. The molecule has 0 saturated carbocycles. The van der Waals surface area contributed by atoms with Crippen molar-refractivity contribution < 1.29 is 9.26 Å². The summed E-state index contributed by atoms with van der Waals surface area (Å²) >= 11 is 1.74. The van der Waals surface area contributed by atoms with Crippen molar-refractivity contribution in [3.05, 3.63) is 53.3 Å². The van der Waals surface area contributed by atoms with E-state index in [0.717, 1.165) is 24.6 Å². The van der Waals surface area contributed by atoms with E-state index in [4.69, 9.17) is 9.26 Å². The van der Waals surface area contributed by atoms with Gasteiger partial charge in [0.05, 0.1) is 18.0 Å². The van der Waals surface area contributed by atoms with Gasteiger partial charge in [-0.2, -0.15) is 4.98 Å². The first-order valence-electron chi connectivity index (χ1n) is 7.92. The van der Waals surface area contributed by atoms with Crippen molar-refractivity contribution in [3.8, 4) is 10.4 Å². The van der Waals surface area contributed by atoms with Gasteiger partial charge in [0.2, 0.25) is 11.7 Å². The summed E-state index contributed by atoms with van der Waals surface area (Å²) in [6.45, 7) is 4.90. The van der Waals surface area contributed by atoms with Crippen molar-refractivity contribution in [2.24, 2.45) is 0 Å². The van der Waals surface area contributed by atoms with Crippen molar-refractivity contribution in [3.63, 3.8) is 0 Å². The minimum atomic E-state index is -0.134. The number of rotatable bonds is 4. The Kier molecular flexibility index (Phi) is 4.38. The normalized spacial score (nSPS) is 18.8. The van der Waals surface area contributed by atoms with Crippen LogP contribution < -0.4 is 0 Å². The molecule has 124 valence electrons. The van der Waals surface area contributed by atoms with Crippen LogP contribution in [0.2, 0.25) is 0 Å². The van der Waals surface area contributed by atoms with Gasteiger partial charge in [-0.1, -0.05) is 35.5 Å². The Hall–Kier alpha value is -2.09. The first kappa shape index (κ1) is 15.4. The number of hydrogen-bond donors (Lipinski definition) is 0. The first-order chi connectivity index (χ1) is 11.8. The van der Waals surface area contributed by atoms with E-state index in [0.29, 0.717) is 18.3 Å². The molecule has 0 aliphatic carbocycles. The molecule has 7 heteroatoms. The molecule has 3 heterocycles. The van der Waals surface area contributed by atoms with E-state index < -0.39 is 0 Å². The van der Waals surface area contributed by atoms with Gasteiger partial charge >= 0.3 is 0 Å². The lowest BCUT2D eigenvalue weighted by Crippen LogP contribution is -2.38. The molecular formula is C17H18N4O2S. The Morgan fingerprint density at radius 3 is 2.96 bits per heavy atom. The number of morpholine rings is 1. The minimum Gasteiger partial charge on any atom is -0.367 e. The first-order valence-corrected chi connectivity index (χ1v) is 8.74. The molecule has 24 heavy (non-hydrogen) atoms. The molecule has 4 rings (SSSR count). The average Bonchev–Trinajstić information content (AvgIpc) is 3.25. The Labute approximate surface area is 144 Å². The van der Waals surface area contributed by atoms with E-state index >= 15 is 0 Å². The second-order valence-corrected chi connectivity index (χ2v) is 6.87. The van der Waals surface area contributed by atoms with Gasteiger partial charge in [0.25, 0.3) is 0 Å². The van der Waals surface area contributed by atoms with Crippen LogP contribution in [0.5, 0.6) is 0 Å². The molecular weight excluding hydrogens is 324 g/mol. The van der Waals surface area contributed by atoms with Crippen molar-refractivity contribution in [2.75, 3.05) is 19.7 Å². The number of aromatic nitrogens is 3. The van der Waals surface area contributed by atoms with Crippen LogP contribution in [0.4, 0.5) is 0 Å². The number of thiazole rings is 1. The maximum atomic E-state index is 5.78. The van der Waals surface area contributed by atoms with E-state index in [9.17, 15) is 0 Å². The molecule has 0 unspecified atom stereocenters. The minimum absolute atomic E-state index is 0.134. The molecule has 0 spiro atoms. The molecule has 0 N–H and O–H groups in total. The third-order valence-electron chi connectivity index (χ3n) is 3.95. The third-order valence-corrected chi connectivity index (χ3v) is 4.98. The van der Waals surface area contributed by atoms with Crippen LogP contribution in [0.25, 0.3) is 10.4 Å². The zero-order chi connectivity index (χ0) is 16.4. The summed E-state index contributed by atoms with van der Waals surface area (Å²) in [7, 11) is 0. The number of ether oxygens (including phenoxy) is 1. The number of nitrogens with zero attached hydrogens (tertiary/aromatic N) is 4. The van der Waals surface area contributed by atoms with Crippen LogP contribution in [-0.2, 0) is 11.3 Å². The highest BCUT2D eigenvalue weighted by molar-refractivity contribution is 7.15. The lowest BCUT2D eigenvalue weighted by Gasteiger charge is -2.30. The molecule has 1 saturated heterocycles. The largest absolute Gasteiger partial charge is 0.367 e. The smallest absolute Gasteiger partial charge is 0.223 e. The van der Waals surface area contributed by atoms with Crippen LogP contribution in [0.15, 0.2) is 41.1 Å². The average molecular weight is 342 g/mol. The summed E-state index contributed by atoms with van der Waals surface area (Å²) in [5.41, 5.74) is 1.21. The lowest BCUT2D eigenvalue weighted by molar-refractivity contribution is -0.0380. The molecule has 1 aliphatic rings. The molecule has 2 aromatic heterocycles. The van der Waals surface area contributed by atoms with E-state index in [1.165, 1.54) is 10.4 Å². The van der Waals surface area contributed by atoms with Gasteiger partial charge in [0.15, 0.2) is 0 Å². The second-order valence-electron chi connectivity index (χ2n) is 5.75. The maximum absolute atomic E-state index is 5.78. The summed E-state index contributed by atoms with van der Waals surface area (Å²) in [5, 5.41) is 5.08. The molecule has 6 nitrogen and oxygen atoms in total. The predicted molar refractivity (Wildman–Crippen MR) is 90.6 cm³/mol. The molecule has 0 amide bonds. The van der Waals surface area contributed by atoms with E-state index in [1.807, 2.05) is 24.4 Å². The van der Waals surface area contributed by atoms with Crippen molar-refractivity contribution in [1.82, 2.24) is 20.0 Å². The van der Waals surface area contributed by atoms with Crippen LogP contribution >= 0.6 is 11.3 Å². The van der Waals surface area contributed by atoms with Gasteiger partial charge in [-0.05, 0) is 5.56 Å². The summed E-state index contributed by atoms with van der Waals surface area (Å²) in [6.07, 6.45) is 1.82. The monoisotopic (exact) mass is 342 g/mol. The van der Waals surface area contributed by atoms with Crippen LogP contribution in [-0.4, -0.2) is 39.7 Å². The summed E-state index contributed by atoms with van der Waals surface area (Å²) in [4.78, 5) is 12.4. The summed E-state index contributed by atoms with van der Waals surface area (Å²) in [6, 6.07) is 10.3. The van der Waals surface area contributed by atoms with E-state index in [2.05, 4.69) is 32.2 Å². The second kappa shape index (κ2) is 6.80. The standard InChI is InChI=1S/C17H18N4O2S/c1-12-19-17(20-23-12)14-10-21(7-8-22-14)11-16-18-9-15(24-16)13-5-3-2-4-6-13/h2-6,9,14H,7-8,10-11H2,1H3/t14-/m0/s1. The quantitative estimate of drug-likeness (QED) is 0.726. The summed E-state index contributed by atoms with van der Waals surface area (Å²) < 4.78 is 10.8. The fraction of sp³-hybridized carbons (Fsp3) is 0.353. The molecule has 1 fully saturated rings. The SMILES string of the molecule is Cc1nc([C@@H]2CN(Cc3ncc(-c4ccccc4)s3)CCO2)no1. The zero-order valence-electron chi connectivity index (χ0n) is 13.4. The third kappa shape index (κ3) is 3.38. The van der Waals surface area contributed by atoms with Crippen LogP contribution in [0.1, 0.15) is 22.8 Å². The van der Waals surface area contributed by atoms with Crippen molar-refractivity contribution in [1.29, 1.82) is 0 Å². The molecule has 1 atom stereocenters. The highest BCUT2D eigenvalue weighted by Crippen LogP contribution is 2.27. The fourth-order valence-electron chi connectivity index (χ4n) is 2.76. The Morgan fingerprint density at radius 1 is 1.29 bits per heavy atom. The van der Waals surface area contributed by atoms with Gasteiger partial charge < -0.3 is 9.26 Å². The molecule has 0 radical (unpaired) electrons. The zero-order valence-corrected chi connectivity index (χ0v) is 14.2. The molecule has 1 aliphatic heterocycles. The number of hydrogen-bond acceptors (Lipinski definition) is 7. The van der Waals surface area contributed by atoms with E-state index in [1.54, 1.807) is 18.3 Å². The van der Waals surface area contributed by atoms with Gasteiger partial charge in [-0.25, -0.2) is 4.98 Å². The molecule has 0 bridgehead atoms. The highest BCUT2D eigenvalue weighted by atomic mass is 32.1. The fourth-order valence-corrected chi connectivity index (χ4v) is 3.72. The Morgan fingerprint density at radius 2 is 2.17 bits per heavy atom. The van der Waals surface area contributed by atoms with Gasteiger partial charge in [-0.15, -0.1) is 11.3 Å². The number of benzene rings is 1. The lowest BCUT2D eigenvalue weighted by atomic mass is 10.2. The predicted octanol–water partition coefficient (Wildman–Crippen LogP) is 3.08. The van der Waals surface area contributed by atoms with Gasteiger partial charge in [0.1, 0.15) is 11.1 Å². The van der Waals surface area contributed by atoms with Crippen LogP contribution in [0.3, 0.4) is 0 Å². The van der Waals surface area contributed by atoms with Gasteiger partial charge in [0, 0.05) is 26.2 Å². The number of aryl methyl sites for hydroxylation is 1. The van der Waals surface area contributed by atoms with Crippen molar-refractivity contribution in [2.45, 2.75) is 19.6 Å². The topological polar surface area (TPSA) is 64.3 Å². The molecule has 1 aromatic carbocycles. The Balaban J connectivity index is 1.43. The maximum Gasteiger partial charge on any atom is 0.223 e. The van der Waals surface area contributed by atoms with Crippen LogP contribution in [0, 0.1) is 6.92 Å². The van der Waals surface area contributed by atoms with Crippen molar-refractivity contribution >= 4 is 11.3 Å². The Bertz CT molecular complexity index is 802. The van der Waals surface area contributed by atoms with E-state index in [-0.39, 0.29) is 6.10 Å². The highest BCUT2D eigenvalue weighted by Gasteiger charge is 2.26.